The van der Waals surface area contributed by atoms with Crippen LogP contribution in [0.5, 0.6) is 0 Å². The van der Waals surface area contributed by atoms with Crippen LogP contribution in [0.15, 0.2) is 42.9 Å². The molecule has 1 fully saturated rings. The van der Waals surface area contributed by atoms with Crippen molar-refractivity contribution in [1.29, 1.82) is 0 Å². The molecule has 0 unspecified atom stereocenters. The summed E-state index contributed by atoms with van der Waals surface area (Å²) in [5.41, 5.74) is 6.92. The van der Waals surface area contributed by atoms with Crippen LogP contribution >= 0.6 is 0 Å². The molecule has 0 saturated carbocycles. The minimum Gasteiger partial charge on any atom is -0.380 e. The third kappa shape index (κ3) is 3.55. The Hall–Kier alpha value is -4.02. The number of aromatic nitrogens is 4. The number of rotatable bonds is 4. The van der Waals surface area contributed by atoms with Crippen LogP contribution in [0.25, 0.3) is 22.3 Å². The van der Waals surface area contributed by atoms with Gasteiger partial charge in [0.15, 0.2) is 0 Å². The van der Waals surface area contributed by atoms with Crippen LogP contribution in [-0.4, -0.2) is 57.8 Å². The van der Waals surface area contributed by atoms with Gasteiger partial charge < -0.3 is 30.2 Å². The summed E-state index contributed by atoms with van der Waals surface area (Å²) in [6, 6.07) is 8.50. The first-order chi connectivity index (χ1) is 18.1. The summed E-state index contributed by atoms with van der Waals surface area (Å²) >= 11 is 0. The summed E-state index contributed by atoms with van der Waals surface area (Å²) in [6.45, 7) is 2.90. The number of pyridine rings is 3. The normalized spacial score (nSPS) is 20.4. The largest absolute Gasteiger partial charge is 0.380 e. The summed E-state index contributed by atoms with van der Waals surface area (Å²) in [6.07, 6.45) is 6.75. The molecule has 2 atom stereocenters. The van der Waals surface area contributed by atoms with Gasteiger partial charge in [-0.25, -0.2) is 9.97 Å². The van der Waals surface area contributed by atoms with E-state index in [1.807, 2.05) is 36.0 Å². The fourth-order valence-corrected chi connectivity index (χ4v) is 5.92. The number of carbonyl (C=O) groups is 1. The van der Waals surface area contributed by atoms with Crippen molar-refractivity contribution in [2.45, 2.75) is 31.7 Å². The Morgan fingerprint density at radius 3 is 2.97 bits per heavy atom. The number of aryl methyl sites for hydroxylation is 1. The predicted octanol–water partition coefficient (Wildman–Crippen LogP) is 2.71. The highest BCUT2D eigenvalue weighted by Crippen LogP contribution is 2.37. The zero-order valence-electron chi connectivity index (χ0n) is 20.8. The number of methoxy groups -OCH3 is 1. The number of carbonyl (C=O) groups excluding carboxylic acids is 1. The first-order valence-corrected chi connectivity index (χ1v) is 12.6. The summed E-state index contributed by atoms with van der Waals surface area (Å²) in [7, 11) is 3.75. The lowest BCUT2D eigenvalue weighted by Crippen LogP contribution is -2.34. The molecular formula is C27H28N8O2. The summed E-state index contributed by atoms with van der Waals surface area (Å²) in [5, 5.41) is 10.9. The van der Waals surface area contributed by atoms with E-state index < -0.39 is 0 Å². The van der Waals surface area contributed by atoms with Crippen molar-refractivity contribution >= 4 is 34.1 Å². The van der Waals surface area contributed by atoms with E-state index in [2.05, 4.69) is 31.9 Å². The second-order valence-corrected chi connectivity index (χ2v) is 9.90. The van der Waals surface area contributed by atoms with Crippen LogP contribution in [-0.2, 0) is 24.9 Å². The number of hydrogen-bond donors (Lipinski definition) is 3. The molecule has 0 radical (unpaired) electrons. The van der Waals surface area contributed by atoms with Gasteiger partial charge in [-0.05, 0) is 30.7 Å². The van der Waals surface area contributed by atoms with Gasteiger partial charge in [0.25, 0.3) is 5.91 Å². The number of fused-ring (bicyclic) bond motifs is 5. The second kappa shape index (κ2) is 8.53. The maximum Gasteiger partial charge on any atom is 0.254 e. The minimum absolute atomic E-state index is 0.110. The molecule has 10 nitrogen and oxygen atoms in total. The van der Waals surface area contributed by atoms with E-state index in [-0.39, 0.29) is 12.0 Å². The van der Waals surface area contributed by atoms with E-state index in [0.717, 1.165) is 58.7 Å². The number of ether oxygens (including phenoxy) is 1. The fraction of sp³-hybridized carbons (Fsp3) is 0.333. The molecule has 0 spiro atoms. The van der Waals surface area contributed by atoms with Crippen molar-refractivity contribution < 1.29 is 9.53 Å². The molecule has 1 saturated heterocycles. The average molecular weight is 497 g/mol. The van der Waals surface area contributed by atoms with Crippen molar-refractivity contribution in [3.05, 3.63) is 59.7 Å². The fourth-order valence-electron chi connectivity index (χ4n) is 5.92. The summed E-state index contributed by atoms with van der Waals surface area (Å²) in [5.74, 6) is 0.578. The molecule has 3 aliphatic heterocycles. The highest BCUT2D eigenvalue weighted by Gasteiger charge is 2.35. The van der Waals surface area contributed by atoms with E-state index in [0.29, 0.717) is 36.2 Å². The van der Waals surface area contributed by atoms with Crippen LogP contribution in [0, 0.1) is 0 Å². The molecule has 10 heteroatoms. The van der Waals surface area contributed by atoms with E-state index >= 15 is 0 Å². The lowest BCUT2D eigenvalue weighted by Gasteiger charge is -2.25. The molecular weight excluding hydrogens is 468 g/mol. The molecule has 1 amide bonds. The third-order valence-electron chi connectivity index (χ3n) is 7.76. The number of anilines is 3. The van der Waals surface area contributed by atoms with E-state index in [1.165, 1.54) is 0 Å². The Bertz CT molecular complexity index is 1550. The van der Waals surface area contributed by atoms with Gasteiger partial charge in [-0.1, -0.05) is 0 Å². The van der Waals surface area contributed by atoms with E-state index in [9.17, 15) is 4.79 Å². The van der Waals surface area contributed by atoms with Gasteiger partial charge in [0.1, 0.15) is 11.5 Å². The number of nitrogens with zero attached hydrogens (tertiary/aromatic N) is 5. The Morgan fingerprint density at radius 2 is 2.08 bits per heavy atom. The van der Waals surface area contributed by atoms with Crippen LogP contribution in [0.1, 0.15) is 28.0 Å². The van der Waals surface area contributed by atoms with Crippen LogP contribution in [0.3, 0.4) is 0 Å². The van der Waals surface area contributed by atoms with Gasteiger partial charge in [0, 0.05) is 75.3 Å². The monoisotopic (exact) mass is 496 g/mol. The highest BCUT2D eigenvalue weighted by molar-refractivity contribution is 6.06. The number of hydrogen-bond acceptors (Lipinski definition) is 8. The first-order valence-electron chi connectivity index (χ1n) is 12.6. The molecule has 4 aromatic heterocycles. The Labute approximate surface area is 214 Å². The smallest absolute Gasteiger partial charge is 0.254 e. The maximum atomic E-state index is 12.9. The summed E-state index contributed by atoms with van der Waals surface area (Å²) in [4.78, 5) is 29.6. The molecule has 188 valence electrons. The predicted molar refractivity (Wildman–Crippen MR) is 141 cm³/mol. The zero-order chi connectivity index (χ0) is 25.1. The van der Waals surface area contributed by atoms with Gasteiger partial charge in [-0.3, -0.25) is 9.78 Å². The molecule has 0 aliphatic carbocycles. The third-order valence-corrected chi connectivity index (χ3v) is 7.76. The van der Waals surface area contributed by atoms with Gasteiger partial charge in [-0.2, -0.15) is 0 Å². The van der Waals surface area contributed by atoms with Crippen molar-refractivity contribution in [3.63, 3.8) is 0 Å². The van der Waals surface area contributed by atoms with Crippen LogP contribution in [0.4, 0.5) is 17.2 Å². The van der Waals surface area contributed by atoms with Crippen LogP contribution in [0.2, 0.25) is 0 Å². The van der Waals surface area contributed by atoms with Crippen molar-refractivity contribution in [1.82, 2.24) is 30.2 Å². The zero-order valence-corrected chi connectivity index (χ0v) is 20.8. The van der Waals surface area contributed by atoms with Crippen molar-refractivity contribution in [2.24, 2.45) is 7.05 Å². The van der Waals surface area contributed by atoms with Crippen molar-refractivity contribution in [2.75, 3.05) is 30.4 Å². The van der Waals surface area contributed by atoms with Gasteiger partial charge in [-0.15, -0.1) is 0 Å². The number of nitrogens with one attached hydrogen (secondary N) is 3. The topological polar surface area (TPSA) is 109 Å². The van der Waals surface area contributed by atoms with Gasteiger partial charge in [0.05, 0.1) is 40.6 Å². The number of amides is 1. The molecule has 3 N–H and O–H groups in total. The quantitative estimate of drug-likeness (QED) is 0.396. The molecule has 0 aromatic carbocycles. The lowest BCUT2D eigenvalue weighted by atomic mass is 10.0. The van der Waals surface area contributed by atoms with Crippen molar-refractivity contribution in [3.8, 4) is 11.3 Å². The minimum atomic E-state index is -0.110. The first kappa shape index (κ1) is 22.2. The van der Waals surface area contributed by atoms with Gasteiger partial charge in [0.2, 0.25) is 0 Å². The highest BCUT2D eigenvalue weighted by atomic mass is 16.5. The average Bonchev–Trinajstić information content (AvgIpc) is 3.59. The Morgan fingerprint density at radius 1 is 1.16 bits per heavy atom. The lowest BCUT2D eigenvalue weighted by molar-refractivity contribution is 0.0966. The molecule has 37 heavy (non-hydrogen) atoms. The molecule has 4 aromatic rings. The Kier molecular flexibility index (Phi) is 5.12. The van der Waals surface area contributed by atoms with Gasteiger partial charge >= 0.3 is 0 Å². The SMILES string of the molecule is CO[C@@H]1C[C@@H]2CNCc3nc(Nc4cnc(-c5ccnc6c5ccn6C)c5c4C(=O)NC5)ccc3N2C1. The standard InChI is InChI=1S/C27H28N8O2/c1-34-8-6-18-17(5-7-29-26(18)34)25-19-11-31-27(36)24(19)21(13-30-25)33-23-4-3-22-20(32-23)12-28-10-15-9-16(37-2)14-35(15)22/h3-8,13,15-16,28H,9-12,14H2,1-2H3,(H,31,36)(H,32,33)/t15-,16-/m1/s1. The molecule has 3 aliphatic rings. The molecule has 0 bridgehead atoms. The summed E-state index contributed by atoms with van der Waals surface area (Å²) < 4.78 is 7.61. The maximum absolute atomic E-state index is 12.9. The van der Waals surface area contributed by atoms with E-state index in [1.54, 1.807) is 19.5 Å². The van der Waals surface area contributed by atoms with Crippen LogP contribution < -0.4 is 20.9 Å². The second-order valence-electron chi connectivity index (χ2n) is 9.90. The Balaban J connectivity index is 1.25. The molecule has 7 rings (SSSR count). The van der Waals surface area contributed by atoms with E-state index in [4.69, 9.17) is 14.7 Å². The molecule has 7 heterocycles.